The van der Waals surface area contributed by atoms with Crippen LogP contribution >= 0.6 is 35.4 Å². The number of nitrogens with zero attached hydrogens (tertiary/aromatic N) is 3. The van der Waals surface area contributed by atoms with Crippen molar-refractivity contribution in [2.24, 2.45) is 0 Å². The third-order valence-corrected chi connectivity index (χ3v) is 5.50. The molecule has 2 fully saturated rings. The van der Waals surface area contributed by atoms with Crippen LogP contribution in [0.5, 0.6) is 17.4 Å². The molecule has 146 valence electrons. The first-order valence-corrected chi connectivity index (χ1v) is 9.72. The number of hydrogen-bond donors (Lipinski definition) is 0. The molecule has 0 saturated carbocycles. The molecule has 1 atom stereocenters. The van der Waals surface area contributed by atoms with Crippen molar-refractivity contribution in [3.8, 4) is 17.4 Å². The van der Waals surface area contributed by atoms with Crippen LogP contribution in [0.1, 0.15) is 19.3 Å². The minimum absolute atomic E-state index is 0.000635. The average molecular weight is 442 g/mol. The largest absolute Gasteiger partial charge is 0.436 e. The van der Waals surface area contributed by atoms with Crippen LogP contribution in [-0.4, -0.2) is 38.6 Å². The molecule has 2 aliphatic rings. The summed E-state index contributed by atoms with van der Waals surface area (Å²) < 4.78 is 20.0. The molecule has 0 N–H and O–H groups in total. The van der Waals surface area contributed by atoms with Gasteiger partial charge in [0.1, 0.15) is 11.1 Å². The van der Waals surface area contributed by atoms with Gasteiger partial charge in [0.05, 0.1) is 5.02 Å². The summed E-state index contributed by atoms with van der Waals surface area (Å²) in [6.45, 7) is 0.671. The minimum Gasteiger partial charge on any atom is -0.436 e. The fraction of sp³-hybridized carbons (Fsp3) is 0.278. The highest BCUT2D eigenvalue weighted by molar-refractivity contribution is 7.80. The summed E-state index contributed by atoms with van der Waals surface area (Å²) in [5, 5.41) is 1.44. The van der Waals surface area contributed by atoms with Crippen molar-refractivity contribution in [3.05, 3.63) is 46.3 Å². The molecule has 1 amide bonds. The van der Waals surface area contributed by atoms with Gasteiger partial charge in [-0.2, -0.15) is 0 Å². The van der Waals surface area contributed by atoms with Gasteiger partial charge in [-0.15, -0.1) is 5.06 Å². The van der Waals surface area contributed by atoms with Crippen LogP contribution in [0.4, 0.5) is 4.39 Å². The molecule has 0 unspecified atom stereocenters. The zero-order chi connectivity index (χ0) is 19.8. The first-order chi connectivity index (χ1) is 13.5. The molecule has 6 nitrogen and oxygen atoms in total. The number of hydroxylamine groups is 2. The lowest BCUT2D eigenvalue weighted by molar-refractivity contribution is -0.143. The van der Waals surface area contributed by atoms with Gasteiger partial charge in [0.25, 0.3) is 5.91 Å². The van der Waals surface area contributed by atoms with Gasteiger partial charge in [-0.05, 0) is 43.6 Å². The quantitative estimate of drug-likeness (QED) is 0.646. The molecule has 0 radical (unpaired) electrons. The highest BCUT2D eigenvalue weighted by atomic mass is 35.5. The van der Waals surface area contributed by atoms with Crippen LogP contribution in [-0.2, 0) is 4.79 Å². The summed E-state index contributed by atoms with van der Waals surface area (Å²) in [7, 11) is 0. The number of benzene rings is 1. The van der Waals surface area contributed by atoms with Crippen LogP contribution in [0.3, 0.4) is 0 Å². The zero-order valence-corrected chi connectivity index (χ0v) is 16.7. The van der Waals surface area contributed by atoms with E-state index in [1.165, 1.54) is 12.3 Å². The third kappa shape index (κ3) is 3.47. The monoisotopic (exact) mass is 441 g/mol. The number of carbonyl (C=O) groups is 1. The smallest absolute Gasteiger partial charge is 0.285 e. The second kappa shape index (κ2) is 7.69. The Labute approximate surface area is 175 Å². The molecule has 28 heavy (non-hydrogen) atoms. The van der Waals surface area contributed by atoms with Crippen molar-refractivity contribution in [1.82, 2.24) is 14.9 Å². The molecule has 0 bridgehead atoms. The molecular formula is C18H14Cl2FN3O3S. The van der Waals surface area contributed by atoms with E-state index in [1.54, 1.807) is 17.0 Å². The van der Waals surface area contributed by atoms with Gasteiger partial charge < -0.3 is 14.5 Å². The number of rotatable bonds is 4. The molecule has 0 aliphatic carbocycles. The standard InChI is InChI=1S/C18H14Cl2FN3O3S/c19-10-4-3-6-22-16(10)26-14-9-15(12(21)8-11(14)20)27-24-17(25)13-5-1-2-7-23(13)18(24)28/h3-4,6,8-9,13H,1-2,5,7H2/t13-/m0/s1. The molecule has 4 rings (SSSR count). The maximum atomic E-state index is 14.4. The number of thiocarbonyl (C=S) groups is 1. The summed E-state index contributed by atoms with van der Waals surface area (Å²) in [6, 6.07) is 5.14. The maximum absolute atomic E-state index is 14.4. The number of ether oxygens (including phenoxy) is 1. The van der Waals surface area contributed by atoms with Gasteiger partial charge in [-0.25, -0.2) is 9.37 Å². The fourth-order valence-electron chi connectivity index (χ4n) is 3.16. The van der Waals surface area contributed by atoms with Crippen LogP contribution < -0.4 is 9.57 Å². The van der Waals surface area contributed by atoms with Crippen LogP contribution in [0.2, 0.25) is 10.0 Å². The molecule has 1 aromatic carbocycles. The van der Waals surface area contributed by atoms with Crippen molar-refractivity contribution in [2.45, 2.75) is 25.3 Å². The van der Waals surface area contributed by atoms with Gasteiger partial charge in [-0.3, -0.25) is 4.79 Å². The highest BCUT2D eigenvalue weighted by Crippen LogP contribution is 2.37. The van der Waals surface area contributed by atoms with E-state index in [2.05, 4.69) is 4.98 Å². The van der Waals surface area contributed by atoms with E-state index in [9.17, 15) is 9.18 Å². The van der Waals surface area contributed by atoms with Crippen LogP contribution in [0, 0.1) is 5.82 Å². The Kier molecular flexibility index (Phi) is 5.27. The second-order valence-corrected chi connectivity index (χ2v) is 7.50. The lowest BCUT2D eigenvalue weighted by Crippen LogP contribution is -2.39. The van der Waals surface area contributed by atoms with Gasteiger partial charge in [0, 0.05) is 24.9 Å². The van der Waals surface area contributed by atoms with Crippen molar-refractivity contribution in [1.29, 1.82) is 0 Å². The zero-order valence-electron chi connectivity index (χ0n) is 14.4. The van der Waals surface area contributed by atoms with E-state index in [4.69, 9.17) is 45.0 Å². The van der Waals surface area contributed by atoms with Crippen molar-refractivity contribution >= 4 is 46.4 Å². The third-order valence-electron chi connectivity index (χ3n) is 4.51. The number of hydrogen-bond acceptors (Lipinski definition) is 5. The Bertz CT molecular complexity index is 938. The molecule has 2 aromatic rings. The second-order valence-electron chi connectivity index (χ2n) is 6.32. The first-order valence-electron chi connectivity index (χ1n) is 8.55. The van der Waals surface area contributed by atoms with Crippen LogP contribution in [0.25, 0.3) is 0 Å². The summed E-state index contributed by atoms with van der Waals surface area (Å²) >= 11 is 17.4. The van der Waals surface area contributed by atoms with Crippen molar-refractivity contribution in [3.63, 3.8) is 0 Å². The lowest BCUT2D eigenvalue weighted by atomic mass is 10.0. The molecule has 2 aliphatic heterocycles. The molecule has 1 aromatic heterocycles. The predicted molar refractivity (Wildman–Crippen MR) is 105 cm³/mol. The van der Waals surface area contributed by atoms with Crippen LogP contribution in [0.15, 0.2) is 30.5 Å². The van der Waals surface area contributed by atoms with E-state index in [0.29, 0.717) is 13.0 Å². The molecule has 0 spiro atoms. The van der Waals surface area contributed by atoms with E-state index in [1.807, 2.05) is 0 Å². The van der Waals surface area contributed by atoms with Gasteiger partial charge >= 0.3 is 0 Å². The lowest BCUT2D eigenvalue weighted by Gasteiger charge is -2.27. The summed E-state index contributed by atoms with van der Waals surface area (Å²) in [4.78, 5) is 23.9. The fourth-order valence-corrected chi connectivity index (χ4v) is 3.85. The van der Waals surface area contributed by atoms with E-state index in [-0.39, 0.29) is 44.5 Å². The van der Waals surface area contributed by atoms with E-state index < -0.39 is 5.82 Å². The van der Waals surface area contributed by atoms with Gasteiger partial charge in [0.15, 0.2) is 17.3 Å². The summed E-state index contributed by atoms with van der Waals surface area (Å²) in [5.74, 6) is -1.14. The first kappa shape index (κ1) is 19.2. The predicted octanol–water partition coefficient (Wildman–Crippen LogP) is 4.60. The molecular weight excluding hydrogens is 428 g/mol. The number of halogens is 3. The van der Waals surface area contributed by atoms with Crippen molar-refractivity contribution in [2.75, 3.05) is 6.54 Å². The van der Waals surface area contributed by atoms with Gasteiger partial charge in [0.2, 0.25) is 11.0 Å². The van der Waals surface area contributed by atoms with Crippen molar-refractivity contribution < 1.29 is 18.8 Å². The summed E-state index contributed by atoms with van der Waals surface area (Å²) in [5.41, 5.74) is 0. The maximum Gasteiger partial charge on any atom is 0.285 e. The van der Waals surface area contributed by atoms with Gasteiger partial charge in [-0.1, -0.05) is 23.2 Å². The molecule has 10 heteroatoms. The number of fused-ring (bicyclic) bond motifs is 1. The Balaban J connectivity index is 1.61. The van der Waals surface area contributed by atoms with E-state index >= 15 is 0 Å². The molecule has 3 heterocycles. The van der Waals surface area contributed by atoms with E-state index in [0.717, 1.165) is 24.0 Å². The number of pyridine rings is 1. The number of piperidine rings is 1. The number of amides is 1. The Morgan fingerprint density at radius 2 is 2.04 bits per heavy atom. The number of aromatic nitrogens is 1. The Morgan fingerprint density at radius 1 is 1.21 bits per heavy atom. The molecule has 2 saturated heterocycles. The Morgan fingerprint density at radius 3 is 2.79 bits per heavy atom. The Hall–Kier alpha value is -2.16. The normalized spacial score (nSPS) is 19.0. The summed E-state index contributed by atoms with van der Waals surface area (Å²) in [6.07, 6.45) is 4.05. The number of carbonyl (C=O) groups excluding carboxylic acids is 1. The average Bonchev–Trinajstić information content (AvgIpc) is 2.92. The SMILES string of the molecule is O=C1[C@@H]2CCCCN2C(=S)N1Oc1cc(Oc2ncccc2Cl)c(Cl)cc1F. The topological polar surface area (TPSA) is 54.9 Å². The highest BCUT2D eigenvalue weighted by Gasteiger charge is 2.45. The minimum atomic E-state index is -0.759.